The predicted octanol–water partition coefficient (Wildman–Crippen LogP) is 0.788. The van der Waals surface area contributed by atoms with Gasteiger partial charge in [0.1, 0.15) is 0 Å². The van der Waals surface area contributed by atoms with Gasteiger partial charge in [0.15, 0.2) is 0 Å². The first-order valence-electron chi connectivity index (χ1n) is 6.73. The lowest BCUT2D eigenvalue weighted by molar-refractivity contribution is -0.150. The monoisotopic (exact) mass is 276 g/mol. The zero-order valence-corrected chi connectivity index (χ0v) is 11.3. The topological polar surface area (TPSA) is 93.1 Å². The summed E-state index contributed by atoms with van der Waals surface area (Å²) in [6.07, 6.45) is 3.51. The molecule has 0 aromatic rings. The van der Waals surface area contributed by atoms with Crippen molar-refractivity contribution in [3.05, 3.63) is 0 Å². The van der Waals surface area contributed by atoms with Crippen LogP contribution in [-0.2, 0) is 19.1 Å². The Morgan fingerprint density at radius 2 is 1.11 bits per heavy atom. The average molecular weight is 276 g/mol. The molecule has 0 aliphatic carbocycles. The van der Waals surface area contributed by atoms with Crippen LogP contribution in [0.4, 0.5) is 0 Å². The number of esters is 2. The van der Waals surface area contributed by atoms with Gasteiger partial charge < -0.3 is 19.7 Å². The maximum Gasteiger partial charge on any atom is 0.306 e. The standard InChI is InChI=1S/C13H24O6/c14-8-2-1-4-10-18-12(16)6-7-13(17)19-11-5-3-9-15/h14-15H,1-11H2. The Balaban J connectivity index is 3.38. The van der Waals surface area contributed by atoms with E-state index in [1.165, 1.54) is 0 Å². The quantitative estimate of drug-likeness (QED) is 0.404. The van der Waals surface area contributed by atoms with Gasteiger partial charge in [0, 0.05) is 13.2 Å². The summed E-state index contributed by atoms with van der Waals surface area (Å²) in [7, 11) is 0. The van der Waals surface area contributed by atoms with Crippen LogP contribution in [0.3, 0.4) is 0 Å². The molecule has 0 aliphatic heterocycles. The molecular weight excluding hydrogens is 252 g/mol. The van der Waals surface area contributed by atoms with Crippen molar-refractivity contribution in [3.63, 3.8) is 0 Å². The van der Waals surface area contributed by atoms with Crippen molar-refractivity contribution in [2.75, 3.05) is 26.4 Å². The minimum Gasteiger partial charge on any atom is -0.466 e. The van der Waals surface area contributed by atoms with Gasteiger partial charge in [-0.25, -0.2) is 0 Å². The second-order valence-electron chi connectivity index (χ2n) is 4.16. The SMILES string of the molecule is O=C(CCC(=O)OCCCCCO)OCCCCO. The summed E-state index contributed by atoms with van der Waals surface area (Å²) in [4.78, 5) is 22.4. The first-order chi connectivity index (χ1) is 9.20. The highest BCUT2D eigenvalue weighted by Gasteiger charge is 2.08. The molecule has 0 saturated heterocycles. The Hall–Kier alpha value is -1.14. The summed E-state index contributed by atoms with van der Waals surface area (Å²) in [6, 6.07) is 0. The molecule has 0 saturated carbocycles. The van der Waals surface area contributed by atoms with Crippen molar-refractivity contribution in [2.24, 2.45) is 0 Å². The summed E-state index contributed by atoms with van der Waals surface area (Å²) in [5.74, 6) is -0.827. The summed E-state index contributed by atoms with van der Waals surface area (Å²) in [6.45, 7) is 0.830. The molecule has 6 nitrogen and oxygen atoms in total. The number of aliphatic hydroxyl groups is 2. The molecule has 0 heterocycles. The van der Waals surface area contributed by atoms with E-state index in [4.69, 9.17) is 19.7 Å². The van der Waals surface area contributed by atoms with Gasteiger partial charge in [-0.3, -0.25) is 9.59 Å². The highest BCUT2D eigenvalue weighted by Crippen LogP contribution is 2.00. The third kappa shape index (κ3) is 13.1. The number of unbranched alkanes of at least 4 members (excludes halogenated alkanes) is 3. The number of carbonyl (C=O) groups is 2. The van der Waals surface area contributed by atoms with Crippen LogP contribution < -0.4 is 0 Å². The second kappa shape index (κ2) is 13.3. The van der Waals surface area contributed by atoms with E-state index in [9.17, 15) is 9.59 Å². The molecule has 6 heteroatoms. The van der Waals surface area contributed by atoms with Crippen LogP contribution in [-0.4, -0.2) is 48.6 Å². The summed E-state index contributed by atoms with van der Waals surface area (Å²) >= 11 is 0. The number of hydrogen-bond donors (Lipinski definition) is 2. The molecule has 0 unspecified atom stereocenters. The van der Waals surface area contributed by atoms with Crippen LogP contribution in [0.5, 0.6) is 0 Å². The van der Waals surface area contributed by atoms with E-state index in [1.54, 1.807) is 0 Å². The fourth-order valence-corrected chi connectivity index (χ4v) is 1.32. The van der Waals surface area contributed by atoms with Gasteiger partial charge in [-0.1, -0.05) is 0 Å². The molecule has 0 radical (unpaired) electrons. The van der Waals surface area contributed by atoms with Crippen LogP contribution in [0, 0.1) is 0 Å². The highest BCUT2D eigenvalue weighted by molar-refractivity contribution is 5.77. The lowest BCUT2D eigenvalue weighted by Gasteiger charge is -2.05. The summed E-state index contributed by atoms with van der Waals surface area (Å²) in [5, 5.41) is 17.1. The molecule has 0 aromatic carbocycles. The third-order valence-electron chi connectivity index (χ3n) is 2.41. The maximum absolute atomic E-state index is 11.2. The normalized spacial score (nSPS) is 10.2. The lowest BCUT2D eigenvalue weighted by Crippen LogP contribution is -2.11. The van der Waals surface area contributed by atoms with Crippen molar-refractivity contribution >= 4 is 11.9 Å². The Morgan fingerprint density at radius 1 is 0.684 bits per heavy atom. The molecule has 0 spiro atoms. The van der Waals surface area contributed by atoms with Gasteiger partial charge in [0.2, 0.25) is 0 Å². The van der Waals surface area contributed by atoms with Gasteiger partial charge in [-0.05, 0) is 32.1 Å². The predicted molar refractivity (Wildman–Crippen MR) is 68.4 cm³/mol. The van der Waals surface area contributed by atoms with E-state index in [-0.39, 0.29) is 32.7 Å². The minimum atomic E-state index is -0.421. The third-order valence-corrected chi connectivity index (χ3v) is 2.41. The number of carbonyl (C=O) groups excluding carboxylic acids is 2. The number of rotatable bonds is 12. The number of hydrogen-bond acceptors (Lipinski definition) is 6. The van der Waals surface area contributed by atoms with Gasteiger partial charge in [0.25, 0.3) is 0 Å². The molecule has 19 heavy (non-hydrogen) atoms. The van der Waals surface area contributed by atoms with Crippen LogP contribution >= 0.6 is 0 Å². The minimum absolute atomic E-state index is 0.0224. The molecular formula is C13H24O6. The Morgan fingerprint density at radius 3 is 1.58 bits per heavy atom. The fourth-order valence-electron chi connectivity index (χ4n) is 1.32. The lowest BCUT2D eigenvalue weighted by atomic mass is 10.2. The van der Waals surface area contributed by atoms with E-state index in [0.29, 0.717) is 25.9 Å². The molecule has 0 bridgehead atoms. The highest BCUT2D eigenvalue weighted by atomic mass is 16.5. The summed E-state index contributed by atoms with van der Waals surface area (Å²) in [5.41, 5.74) is 0. The zero-order valence-electron chi connectivity index (χ0n) is 11.3. The molecule has 2 N–H and O–H groups in total. The maximum atomic E-state index is 11.2. The van der Waals surface area contributed by atoms with Crippen LogP contribution in [0.25, 0.3) is 0 Å². The summed E-state index contributed by atoms with van der Waals surface area (Å²) < 4.78 is 9.79. The molecule has 0 aliphatic rings. The van der Waals surface area contributed by atoms with E-state index in [2.05, 4.69) is 0 Å². The van der Waals surface area contributed by atoms with Crippen LogP contribution in [0.1, 0.15) is 44.9 Å². The Kier molecular flexibility index (Phi) is 12.5. The van der Waals surface area contributed by atoms with Gasteiger partial charge in [-0.15, -0.1) is 0 Å². The van der Waals surface area contributed by atoms with E-state index < -0.39 is 11.9 Å². The van der Waals surface area contributed by atoms with Crippen molar-refractivity contribution in [2.45, 2.75) is 44.9 Å². The average Bonchev–Trinajstić information content (AvgIpc) is 2.41. The Bertz CT molecular complexity index is 241. The van der Waals surface area contributed by atoms with E-state index >= 15 is 0 Å². The fraction of sp³-hybridized carbons (Fsp3) is 0.846. The molecule has 0 amide bonds. The molecule has 112 valence electrons. The van der Waals surface area contributed by atoms with Crippen molar-refractivity contribution in [1.82, 2.24) is 0 Å². The van der Waals surface area contributed by atoms with Crippen LogP contribution in [0.2, 0.25) is 0 Å². The molecule has 0 aromatic heterocycles. The smallest absolute Gasteiger partial charge is 0.306 e. The first kappa shape index (κ1) is 17.9. The van der Waals surface area contributed by atoms with E-state index in [1.807, 2.05) is 0 Å². The largest absolute Gasteiger partial charge is 0.466 e. The van der Waals surface area contributed by atoms with Gasteiger partial charge >= 0.3 is 11.9 Å². The molecule has 0 rings (SSSR count). The zero-order chi connectivity index (χ0) is 14.3. The van der Waals surface area contributed by atoms with Crippen molar-refractivity contribution < 1.29 is 29.3 Å². The van der Waals surface area contributed by atoms with Gasteiger partial charge in [0.05, 0.1) is 26.1 Å². The van der Waals surface area contributed by atoms with Crippen molar-refractivity contribution in [3.8, 4) is 0 Å². The molecule has 0 fully saturated rings. The van der Waals surface area contributed by atoms with E-state index in [0.717, 1.165) is 12.8 Å². The van der Waals surface area contributed by atoms with Gasteiger partial charge in [-0.2, -0.15) is 0 Å². The molecule has 0 atom stereocenters. The number of aliphatic hydroxyl groups excluding tert-OH is 2. The Labute approximate surface area is 113 Å². The number of ether oxygens (including phenoxy) is 2. The van der Waals surface area contributed by atoms with Crippen LogP contribution in [0.15, 0.2) is 0 Å². The van der Waals surface area contributed by atoms with Crippen molar-refractivity contribution in [1.29, 1.82) is 0 Å². The first-order valence-corrected chi connectivity index (χ1v) is 6.73. The second-order valence-corrected chi connectivity index (χ2v) is 4.16.